The smallest absolute Gasteiger partial charge is 0.104 e. The van der Waals surface area contributed by atoms with Crippen molar-refractivity contribution >= 4 is 67.7 Å². The molecule has 0 aliphatic carbocycles. The SMILES string of the molecule is NC(=S)c1ccc(Nc2ccc(Br)cc2Cl)c(Cl)c1. The molecule has 0 aromatic heterocycles. The maximum atomic E-state index is 6.18. The van der Waals surface area contributed by atoms with Gasteiger partial charge in [0, 0.05) is 10.0 Å². The van der Waals surface area contributed by atoms with Crippen LogP contribution in [0.15, 0.2) is 40.9 Å². The summed E-state index contributed by atoms with van der Waals surface area (Å²) in [4.78, 5) is 0.315. The van der Waals surface area contributed by atoms with Crippen molar-refractivity contribution in [3.05, 3.63) is 56.5 Å². The summed E-state index contributed by atoms with van der Waals surface area (Å²) < 4.78 is 0.915. The van der Waals surface area contributed by atoms with Crippen molar-refractivity contribution in [1.29, 1.82) is 0 Å². The van der Waals surface area contributed by atoms with Crippen molar-refractivity contribution in [2.75, 3.05) is 5.32 Å². The van der Waals surface area contributed by atoms with Gasteiger partial charge in [0.15, 0.2) is 0 Å². The number of thiocarbonyl (C=S) groups is 1. The zero-order valence-corrected chi connectivity index (χ0v) is 13.5. The van der Waals surface area contributed by atoms with Gasteiger partial charge < -0.3 is 11.1 Å². The molecule has 0 aliphatic heterocycles. The Morgan fingerprint density at radius 1 is 1.05 bits per heavy atom. The normalized spacial score (nSPS) is 10.3. The van der Waals surface area contributed by atoms with Gasteiger partial charge in [0.25, 0.3) is 0 Å². The Labute approximate surface area is 135 Å². The van der Waals surface area contributed by atoms with Gasteiger partial charge in [-0.05, 0) is 36.4 Å². The fourth-order valence-electron chi connectivity index (χ4n) is 1.51. The van der Waals surface area contributed by atoms with Gasteiger partial charge in [0.05, 0.1) is 21.4 Å². The van der Waals surface area contributed by atoms with Crippen LogP contribution >= 0.6 is 51.3 Å². The van der Waals surface area contributed by atoms with E-state index in [1.807, 2.05) is 24.3 Å². The Kier molecular flexibility index (Phi) is 4.68. The van der Waals surface area contributed by atoms with Crippen LogP contribution in [0.3, 0.4) is 0 Å². The molecular weight excluding hydrogens is 367 g/mol. The van der Waals surface area contributed by atoms with E-state index < -0.39 is 0 Å². The zero-order valence-electron chi connectivity index (χ0n) is 9.58. The summed E-state index contributed by atoms with van der Waals surface area (Å²) in [6.07, 6.45) is 0. The van der Waals surface area contributed by atoms with Crippen LogP contribution in [-0.4, -0.2) is 4.99 Å². The molecular formula is C13H9BrCl2N2S. The highest BCUT2D eigenvalue weighted by Crippen LogP contribution is 2.31. The molecule has 0 bridgehead atoms. The van der Waals surface area contributed by atoms with Crippen molar-refractivity contribution in [2.45, 2.75) is 0 Å². The molecule has 0 heterocycles. The number of benzene rings is 2. The minimum atomic E-state index is 0.315. The molecule has 0 atom stereocenters. The third kappa shape index (κ3) is 3.60. The summed E-state index contributed by atoms with van der Waals surface area (Å²) in [6, 6.07) is 10.9. The Balaban J connectivity index is 2.31. The first-order chi connectivity index (χ1) is 8.97. The van der Waals surface area contributed by atoms with Crippen molar-refractivity contribution in [2.24, 2.45) is 5.73 Å². The van der Waals surface area contributed by atoms with Crippen LogP contribution in [0.5, 0.6) is 0 Å². The van der Waals surface area contributed by atoms with Gasteiger partial charge in [-0.25, -0.2) is 0 Å². The maximum Gasteiger partial charge on any atom is 0.104 e. The lowest BCUT2D eigenvalue weighted by Crippen LogP contribution is -2.09. The van der Waals surface area contributed by atoms with Crippen molar-refractivity contribution in [1.82, 2.24) is 0 Å². The van der Waals surface area contributed by atoms with E-state index in [1.54, 1.807) is 12.1 Å². The Hall–Kier alpha value is -0.810. The van der Waals surface area contributed by atoms with Crippen LogP contribution < -0.4 is 11.1 Å². The third-order valence-electron chi connectivity index (χ3n) is 2.45. The van der Waals surface area contributed by atoms with E-state index in [2.05, 4.69) is 21.2 Å². The van der Waals surface area contributed by atoms with E-state index in [0.717, 1.165) is 21.4 Å². The van der Waals surface area contributed by atoms with E-state index in [4.69, 9.17) is 41.2 Å². The highest BCUT2D eigenvalue weighted by molar-refractivity contribution is 9.10. The summed E-state index contributed by atoms with van der Waals surface area (Å²) in [7, 11) is 0. The van der Waals surface area contributed by atoms with Gasteiger partial charge in [0.2, 0.25) is 0 Å². The first-order valence-corrected chi connectivity index (χ1v) is 7.24. The molecule has 2 rings (SSSR count). The lowest BCUT2D eigenvalue weighted by molar-refractivity contribution is 1.52. The fraction of sp³-hybridized carbons (Fsp3) is 0. The predicted molar refractivity (Wildman–Crippen MR) is 89.8 cm³/mol. The molecule has 0 spiro atoms. The molecule has 0 fully saturated rings. The molecule has 2 aromatic carbocycles. The first kappa shape index (κ1) is 14.6. The summed E-state index contributed by atoms with van der Waals surface area (Å²) in [5.41, 5.74) is 7.80. The minimum Gasteiger partial charge on any atom is -0.389 e. The summed E-state index contributed by atoms with van der Waals surface area (Å²) in [5, 5.41) is 4.30. The van der Waals surface area contributed by atoms with Gasteiger partial charge >= 0.3 is 0 Å². The second-order valence-corrected chi connectivity index (χ2v) is 5.98. The number of rotatable bonds is 3. The lowest BCUT2D eigenvalue weighted by Gasteiger charge is -2.11. The van der Waals surface area contributed by atoms with Crippen LogP contribution in [0.4, 0.5) is 11.4 Å². The zero-order chi connectivity index (χ0) is 14.0. The molecule has 98 valence electrons. The largest absolute Gasteiger partial charge is 0.389 e. The van der Waals surface area contributed by atoms with E-state index in [0.29, 0.717) is 15.0 Å². The number of hydrogen-bond acceptors (Lipinski definition) is 2. The van der Waals surface area contributed by atoms with Crippen LogP contribution in [0.2, 0.25) is 10.0 Å². The third-order valence-corrected chi connectivity index (χ3v) is 3.81. The van der Waals surface area contributed by atoms with Gasteiger partial charge in [-0.15, -0.1) is 0 Å². The Morgan fingerprint density at radius 3 is 2.16 bits per heavy atom. The first-order valence-electron chi connectivity index (χ1n) is 5.29. The molecule has 0 saturated heterocycles. The molecule has 0 amide bonds. The Morgan fingerprint density at radius 2 is 1.63 bits per heavy atom. The highest BCUT2D eigenvalue weighted by Gasteiger charge is 2.06. The number of anilines is 2. The second-order valence-electron chi connectivity index (χ2n) is 3.81. The molecule has 0 unspecified atom stereocenters. The summed E-state index contributed by atoms with van der Waals surface area (Å²) >= 11 is 20.6. The van der Waals surface area contributed by atoms with Crippen molar-refractivity contribution < 1.29 is 0 Å². The fourth-order valence-corrected chi connectivity index (χ4v) is 2.58. The molecule has 6 heteroatoms. The van der Waals surface area contributed by atoms with Gasteiger partial charge in [-0.1, -0.05) is 51.3 Å². The average molecular weight is 376 g/mol. The van der Waals surface area contributed by atoms with Crippen LogP contribution in [0.25, 0.3) is 0 Å². The van der Waals surface area contributed by atoms with Crippen molar-refractivity contribution in [3.63, 3.8) is 0 Å². The number of nitrogens with two attached hydrogens (primary N) is 1. The minimum absolute atomic E-state index is 0.315. The van der Waals surface area contributed by atoms with Gasteiger partial charge in [-0.2, -0.15) is 0 Å². The molecule has 3 N–H and O–H groups in total. The van der Waals surface area contributed by atoms with E-state index in [9.17, 15) is 0 Å². The molecule has 19 heavy (non-hydrogen) atoms. The second kappa shape index (κ2) is 6.09. The standard InChI is InChI=1S/C13H9BrCl2N2S/c14-8-2-4-12(10(16)6-8)18-11-3-1-7(13(17)19)5-9(11)15/h1-6,18H,(H2,17,19). The van der Waals surface area contributed by atoms with E-state index in [-0.39, 0.29) is 0 Å². The van der Waals surface area contributed by atoms with E-state index in [1.165, 1.54) is 0 Å². The monoisotopic (exact) mass is 374 g/mol. The quantitative estimate of drug-likeness (QED) is 0.730. The number of nitrogens with one attached hydrogen (secondary N) is 1. The maximum absolute atomic E-state index is 6.18. The van der Waals surface area contributed by atoms with Crippen LogP contribution in [0, 0.1) is 0 Å². The summed E-state index contributed by atoms with van der Waals surface area (Å²) in [5.74, 6) is 0. The van der Waals surface area contributed by atoms with Crippen LogP contribution in [0.1, 0.15) is 5.56 Å². The molecule has 0 saturated carbocycles. The van der Waals surface area contributed by atoms with Gasteiger partial charge in [-0.3, -0.25) is 0 Å². The summed E-state index contributed by atoms with van der Waals surface area (Å²) in [6.45, 7) is 0. The Bertz CT molecular complexity index is 647. The molecule has 2 aromatic rings. The van der Waals surface area contributed by atoms with E-state index >= 15 is 0 Å². The number of hydrogen-bond donors (Lipinski definition) is 2. The van der Waals surface area contributed by atoms with Crippen LogP contribution in [-0.2, 0) is 0 Å². The number of halogens is 3. The highest BCUT2D eigenvalue weighted by atomic mass is 79.9. The topological polar surface area (TPSA) is 38.0 Å². The predicted octanol–water partition coefficient (Wildman–Crippen LogP) is 5.13. The van der Waals surface area contributed by atoms with Gasteiger partial charge in [0.1, 0.15) is 4.99 Å². The lowest BCUT2D eigenvalue weighted by atomic mass is 10.2. The molecule has 2 nitrogen and oxygen atoms in total. The molecule has 0 aliphatic rings. The van der Waals surface area contributed by atoms with Crippen molar-refractivity contribution in [3.8, 4) is 0 Å². The average Bonchev–Trinajstić information content (AvgIpc) is 2.34. The molecule has 0 radical (unpaired) electrons.